The predicted molar refractivity (Wildman–Crippen MR) is 87.6 cm³/mol. The van der Waals surface area contributed by atoms with Gasteiger partial charge in [0.2, 0.25) is 0 Å². The van der Waals surface area contributed by atoms with Crippen molar-refractivity contribution in [1.29, 1.82) is 0 Å². The van der Waals surface area contributed by atoms with Gasteiger partial charge in [-0.05, 0) is 25.3 Å². The van der Waals surface area contributed by atoms with Crippen molar-refractivity contribution >= 4 is 33.4 Å². The first-order chi connectivity index (χ1) is 10.7. The minimum absolute atomic E-state index is 0.209. The minimum Gasteiger partial charge on any atom is -0.464 e. The van der Waals surface area contributed by atoms with Gasteiger partial charge in [-0.3, -0.25) is 14.2 Å². The molecule has 0 saturated heterocycles. The van der Waals surface area contributed by atoms with Gasteiger partial charge in [0, 0.05) is 0 Å². The molecule has 7 nitrogen and oxygen atoms in total. The lowest BCUT2D eigenvalue weighted by Crippen LogP contribution is -2.30. The van der Waals surface area contributed by atoms with E-state index in [1.165, 1.54) is 10.9 Å². The number of amides is 1. The zero-order valence-corrected chi connectivity index (χ0v) is 14.3. The van der Waals surface area contributed by atoms with Gasteiger partial charge in [-0.2, -0.15) is 0 Å². The molecule has 0 bridgehead atoms. The van der Waals surface area contributed by atoms with Crippen LogP contribution in [0, 0.1) is 12.8 Å². The molecule has 2 heterocycles. The maximum atomic E-state index is 12.6. The molecule has 23 heavy (non-hydrogen) atoms. The number of ether oxygens (including phenoxy) is 1. The van der Waals surface area contributed by atoms with Crippen LogP contribution in [0.2, 0.25) is 0 Å². The summed E-state index contributed by atoms with van der Waals surface area (Å²) in [6.07, 6.45) is 1.30. The molecule has 0 aromatic carbocycles. The van der Waals surface area contributed by atoms with E-state index in [0.717, 1.165) is 11.3 Å². The number of nitrogens with zero attached hydrogens (tertiary/aromatic N) is 2. The Morgan fingerprint density at radius 2 is 2.04 bits per heavy atom. The van der Waals surface area contributed by atoms with E-state index in [9.17, 15) is 14.4 Å². The average Bonchev–Trinajstić information content (AvgIpc) is 2.82. The molecular formula is C15H19N3O4S. The average molecular weight is 337 g/mol. The highest BCUT2D eigenvalue weighted by molar-refractivity contribution is 7.20. The molecule has 1 atom stereocenters. The second kappa shape index (κ2) is 6.49. The Labute approximate surface area is 137 Å². The summed E-state index contributed by atoms with van der Waals surface area (Å²) >= 11 is 1.07. The van der Waals surface area contributed by atoms with Gasteiger partial charge in [-0.15, -0.1) is 11.3 Å². The molecule has 2 N–H and O–H groups in total. The predicted octanol–water partition coefficient (Wildman–Crippen LogP) is 1.63. The Morgan fingerprint density at radius 3 is 2.61 bits per heavy atom. The van der Waals surface area contributed by atoms with E-state index >= 15 is 0 Å². The van der Waals surface area contributed by atoms with Gasteiger partial charge < -0.3 is 10.5 Å². The molecule has 2 aromatic rings. The Balaban J connectivity index is 2.45. The summed E-state index contributed by atoms with van der Waals surface area (Å²) < 4.78 is 6.38. The first-order valence-corrected chi connectivity index (χ1v) is 8.02. The molecule has 0 spiro atoms. The van der Waals surface area contributed by atoms with Crippen LogP contribution in [0.25, 0.3) is 10.2 Å². The lowest BCUT2D eigenvalue weighted by Gasteiger charge is -2.15. The van der Waals surface area contributed by atoms with Gasteiger partial charge in [-0.25, -0.2) is 9.78 Å². The second-order valence-corrected chi connectivity index (χ2v) is 6.76. The van der Waals surface area contributed by atoms with Gasteiger partial charge in [0.25, 0.3) is 11.5 Å². The number of carbonyl (C=O) groups is 2. The Bertz CT molecular complexity index is 822. The molecule has 2 aromatic heterocycles. The molecule has 1 unspecified atom stereocenters. The molecule has 2 rings (SSSR count). The molecule has 0 aliphatic heterocycles. The van der Waals surface area contributed by atoms with Crippen molar-refractivity contribution in [3.63, 3.8) is 0 Å². The van der Waals surface area contributed by atoms with Crippen LogP contribution < -0.4 is 11.3 Å². The summed E-state index contributed by atoms with van der Waals surface area (Å²) in [5.41, 5.74) is 5.41. The van der Waals surface area contributed by atoms with Gasteiger partial charge in [0.05, 0.1) is 23.2 Å². The number of rotatable bonds is 5. The van der Waals surface area contributed by atoms with Crippen molar-refractivity contribution in [3.05, 3.63) is 27.1 Å². The highest BCUT2D eigenvalue weighted by atomic mass is 32.1. The molecule has 0 fully saturated rings. The Kier molecular flexibility index (Phi) is 4.84. The first kappa shape index (κ1) is 17.1. The molecule has 1 amide bonds. The zero-order valence-electron chi connectivity index (χ0n) is 13.5. The lowest BCUT2D eigenvalue weighted by molar-refractivity contribution is -0.148. The van der Waals surface area contributed by atoms with Crippen molar-refractivity contribution in [1.82, 2.24) is 9.55 Å². The number of fused-ring (bicyclic) bond motifs is 1. The molecule has 124 valence electrons. The van der Waals surface area contributed by atoms with Crippen molar-refractivity contribution in [2.24, 2.45) is 11.7 Å². The number of thiophene rings is 1. The van der Waals surface area contributed by atoms with Crippen LogP contribution in [-0.2, 0) is 9.53 Å². The van der Waals surface area contributed by atoms with Crippen LogP contribution in [-0.4, -0.2) is 28.0 Å². The topological polar surface area (TPSA) is 104 Å². The third-order valence-corrected chi connectivity index (χ3v) is 4.63. The highest BCUT2D eigenvalue weighted by Gasteiger charge is 2.22. The summed E-state index contributed by atoms with van der Waals surface area (Å²) in [6.45, 7) is 7.37. The zero-order chi connectivity index (χ0) is 17.3. The Hall–Kier alpha value is -2.22. The van der Waals surface area contributed by atoms with Gasteiger partial charge in [0.15, 0.2) is 0 Å². The number of esters is 1. The quantitative estimate of drug-likeness (QED) is 0.835. The summed E-state index contributed by atoms with van der Waals surface area (Å²) in [4.78, 5) is 41.0. The normalized spacial score (nSPS) is 12.6. The largest absolute Gasteiger partial charge is 0.464 e. The fraction of sp³-hybridized carbons (Fsp3) is 0.467. The molecule has 0 aliphatic carbocycles. The molecule has 0 radical (unpaired) electrons. The Morgan fingerprint density at radius 1 is 1.39 bits per heavy atom. The number of hydrogen-bond donors (Lipinski definition) is 1. The van der Waals surface area contributed by atoms with E-state index in [4.69, 9.17) is 10.5 Å². The third-order valence-electron chi connectivity index (χ3n) is 3.42. The third kappa shape index (κ3) is 3.26. The van der Waals surface area contributed by atoms with Gasteiger partial charge in [-0.1, -0.05) is 13.8 Å². The summed E-state index contributed by atoms with van der Waals surface area (Å²) in [5.74, 6) is -0.883. The maximum absolute atomic E-state index is 12.6. The lowest BCUT2D eigenvalue weighted by atomic mass is 10.2. The fourth-order valence-electron chi connectivity index (χ4n) is 2.13. The van der Waals surface area contributed by atoms with Gasteiger partial charge >= 0.3 is 5.97 Å². The molecular weight excluding hydrogens is 318 g/mol. The van der Waals surface area contributed by atoms with Crippen molar-refractivity contribution in [2.75, 3.05) is 6.61 Å². The maximum Gasteiger partial charge on any atom is 0.329 e. The standard InChI is InChI=1S/C15H19N3O4S/c1-7(2)5-22-15(21)9(4)18-6-17-13-10(14(18)20)8(3)11(23-13)12(16)19/h6-7,9H,5H2,1-4H3,(H2,16,19). The van der Waals surface area contributed by atoms with Crippen molar-refractivity contribution in [2.45, 2.75) is 33.7 Å². The van der Waals surface area contributed by atoms with E-state index in [2.05, 4.69) is 4.98 Å². The number of aromatic nitrogens is 2. The van der Waals surface area contributed by atoms with E-state index in [1.54, 1.807) is 13.8 Å². The van der Waals surface area contributed by atoms with Crippen LogP contribution >= 0.6 is 11.3 Å². The number of carbonyl (C=O) groups excluding carboxylic acids is 2. The highest BCUT2D eigenvalue weighted by Crippen LogP contribution is 2.26. The summed E-state index contributed by atoms with van der Waals surface area (Å²) in [6, 6.07) is -0.797. The molecule has 0 saturated carbocycles. The minimum atomic E-state index is -0.797. The van der Waals surface area contributed by atoms with Crippen LogP contribution in [0.15, 0.2) is 11.1 Å². The van der Waals surface area contributed by atoms with Crippen molar-refractivity contribution in [3.8, 4) is 0 Å². The summed E-state index contributed by atoms with van der Waals surface area (Å²) in [7, 11) is 0. The van der Waals surface area contributed by atoms with Crippen LogP contribution in [0.4, 0.5) is 0 Å². The number of primary amides is 1. The monoisotopic (exact) mass is 337 g/mol. The first-order valence-electron chi connectivity index (χ1n) is 7.20. The van der Waals surface area contributed by atoms with Crippen molar-refractivity contribution < 1.29 is 14.3 Å². The fourth-order valence-corrected chi connectivity index (χ4v) is 3.12. The van der Waals surface area contributed by atoms with E-state index in [-0.39, 0.29) is 18.1 Å². The van der Waals surface area contributed by atoms with E-state index in [0.29, 0.717) is 20.7 Å². The van der Waals surface area contributed by atoms with Crippen LogP contribution in [0.3, 0.4) is 0 Å². The number of nitrogens with two attached hydrogens (primary N) is 1. The molecule has 0 aliphatic rings. The second-order valence-electron chi connectivity index (χ2n) is 5.76. The number of aryl methyl sites for hydroxylation is 1. The molecule has 8 heteroatoms. The van der Waals surface area contributed by atoms with Crippen LogP contribution in [0.5, 0.6) is 0 Å². The van der Waals surface area contributed by atoms with Crippen LogP contribution in [0.1, 0.15) is 42.0 Å². The SMILES string of the molecule is Cc1c(C(N)=O)sc2ncn(C(C)C(=O)OCC(C)C)c(=O)c12. The number of hydrogen-bond acceptors (Lipinski definition) is 6. The van der Waals surface area contributed by atoms with Gasteiger partial charge in [0.1, 0.15) is 10.9 Å². The van der Waals surface area contributed by atoms with E-state index < -0.39 is 17.9 Å². The summed E-state index contributed by atoms with van der Waals surface area (Å²) in [5, 5.41) is 0.315. The van der Waals surface area contributed by atoms with E-state index in [1.807, 2.05) is 13.8 Å². The smallest absolute Gasteiger partial charge is 0.329 e.